The second-order valence-corrected chi connectivity index (χ2v) is 7.26. The van der Waals surface area contributed by atoms with Gasteiger partial charge >= 0.3 is 0 Å². The zero-order valence-electron chi connectivity index (χ0n) is 12.2. The van der Waals surface area contributed by atoms with Crippen molar-refractivity contribution in [2.75, 3.05) is 38.8 Å². The van der Waals surface area contributed by atoms with E-state index in [-0.39, 0.29) is 11.9 Å². The first kappa shape index (κ1) is 15.8. The van der Waals surface area contributed by atoms with Crippen molar-refractivity contribution in [1.82, 2.24) is 10.2 Å². The second kappa shape index (κ2) is 6.44. The Kier molecular flexibility index (Phi) is 4.84. The molecule has 0 aromatic heterocycles. The maximum absolute atomic E-state index is 12.3. The number of nitrogens with one attached hydrogen (secondary N) is 1. The number of benzene rings is 1. The Morgan fingerprint density at radius 1 is 1.43 bits per heavy atom. The molecule has 1 atom stereocenters. The van der Waals surface area contributed by atoms with Crippen molar-refractivity contribution < 1.29 is 17.9 Å². The highest BCUT2D eigenvalue weighted by Crippen LogP contribution is 2.30. The van der Waals surface area contributed by atoms with Crippen molar-refractivity contribution in [3.05, 3.63) is 29.8 Å². The van der Waals surface area contributed by atoms with Crippen LogP contribution in [0.25, 0.3) is 0 Å². The minimum Gasteiger partial charge on any atom is -0.496 e. The third-order valence-corrected chi connectivity index (χ3v) is 4.22. The second-order valence-electron chi connectivity index (χ2n) is 5.12. The molecule has 1 unspecified atom stereocenters. The van der Waals surface area contributed by atoms with E-state index in [9.17, 15) is 13.2 Å². The van der Waals surface area contributed by atoms with Crippen LogP contribution in [0.2, 0.25) is 0 Å². The first-order valence-electron chi connectivity index (χ1n) is 6.73. The molecule has 0 saturated carbocycles. The van der Waals surface area contributed by atoms with E-state index >= 15 is 0 Å². The molecule has 1 aliphatic heterocycles. The molecule has 1 aromatic carbocycles. The van der Waals surface area contributed by atoms with E-state index in [2.05, 4.69) is 5.32 Å². The zero-order valence-corrected chi connectivity index (χ0v) is 13.0. The average molecular weight is 312 g/mol. The number of amides is 1. The Hall–Kier alpha value is -1.60. The fourth-order valence-electron chi connectivity index (χ4n) is 2.53. The van der Waals surface area contributed by atoms with Crippen LogP contribution in [-0.4, -0.2) is 58.0 Å². The van der Waals surface area contributed by atoms with Gasteiger partial charge in [-0.2, -0.15) is 0 Å². The quantitative estimate of drug-likeness (QED) is 0.860. The lowest BCUT2D eigenvalue weighted by Gasteiger charge is -2.37. The number of carbonyl (C=O) groups excluding carboxylic acids is 1. The van der Waals surface area contributed by atoms with Gasteiger partial charge in [0.05, 0.1) is 13.2 Å². The Morgan fingerprint density at radius 2 is 2.14 bits per heavy atom. The van der Waals surface area contributed by atoms with Gasteiger partial charge in [0.15, 0.2) is 9.84 Å². The molecule has 0 radical (unpaired) electrons. The van der Waals surface area contributed by atoms with Crippen molar-refractivity contribution in [2.45, 2.75) is 6.04 Å². The molecule has 21 heavy (non-hydrogen) atoms. The van der Waals surface area contributed by atoms with Crippen molar-refractivity contribution in [3.63, 3.8) is 0 Å². The molecule has 1 fully saturated rings. The number of sulfone groups is 1. The van der Waals surface area contributed by atoms with E-state index < -0.39 is 15.6 Å². The van der Waals surface area contributed by atoms with E-state index in [0.29, 0.717) is 25.4 Å². The van der Waals surface area contributed by atoms with E-state index in [0.717, 1.165) is 11.8 Å². The lowest BCUT2D eigenvalue weighted by molar-refractivity contribution is -0.131. The van der Waals surface area contributed by atoms with Gasteiger partial charge in [-0.05, 0) is 6.07 Å². The predicted octanol–water partition coefficient (Wildman–Crippen LogP) is 0.213. The molecular weight excluding hydrogens is 292 g/mol. The molecule has 1 aliphatic rings. The molecule has 0 aliphatic carbocycles. The third kappa shape index (κ3) is 3.95. The maximum atomic E-state index is 12.3. The largest absolute Gasteiger partial charge is 0.496 e. The Morgan fingerprint density at radius 3 is 2.81 bits per heavy atom. The normalized spacial score (nSPS) is 19.3. The van der Waals surface area contributed by atoms with Gasteiger partial charge in [-0.3, -0.25) is 4.79 Å². The Labute approximate surface area is 125 Å². The molecule has 1 amide bonds. The number of para-hydroxylation sites is 1. The highest BCUT2D eigenvalue weighted by Gasteiger charge is 2.30. The average Bonchev–Trinajstić information content (AvgIpc) is 2.45. The van der Waals surface area contributed by atoms with Crippen LogP contribution < -0.4 is 10.1 Å². The van der Waals surface area contributed by atoms with Crippen LogP contribution in [0.3, 0.4) is 0 Å². The fourth-order valence-corrected chi connectivity index (χ4v) is 3.14. The van der Waals surface area contributed by atoms with Crippen LogP contribution in [0.1, 0.15) is 11.6 Å². The molecule has 116 valence electrons. The van der Waals surface area contributed by atoms with Crippen LogP contribution in [0.15, 0.2) is 24.3 Å². The summed E-state index contributed by atoms with van der Waals surface area (Å²) in [4.78, 5) is 13.9. The van der Waals surface area contributed by atoms with E-state index in [4.69, 9.17) is 4.74 Å². The summed E-state index contributed by atoms with van der Waals surface area (Å²) in [5.41, 5.74) is 0.883. The van der Waals surface area contributed by atoms with Crippen LogP contribution in [-0.2, 0) is 14.6 Å². The van der Waals surface area contributed by atoms with Gasteiger partial charge in [0, 0.05) is 31.5 Å². The standard InChI is InChI=1S/C14H20N2O4S/c1-20-13-6-4-3-5-11(13)12-9-15-7-8-16(12)14(17)10-21(2,18)19/h3-6,12,15H,7-10H2,1-2H3. The summed E-state index contributed by atoms with van der Waals surface area (Å²) in [5, 5.41) is 3.23. The summed E-state index contributed by atoms with van der Waals surface area (Å²) in [5.74, 6) is -0.128. The van der Waals surface area contributed by atoms with Crippen LogP contribution in [0, 0.1) is 0 Å². The van der Waals surface area contributed by atoms with Crippen molar-refractivity contribution in [2.24, 2.45) is 0 Å². The van der Waals surface area contributed by atoms with Gasteiger partial charge in [-0.1, -0.05) is 18.2 Å². The maximum Gasteiger partial charge on any atom is 0.238 e. The lowest BCUT2D eigenvalue weighted by atomic mass is 10.0. The SMILES string of the molecule is COc1ccccc1C1CNCCN1C(=O)CS(C)(=O)=O. The number of ether oxygens (including phenoxy) is 1. The van der Waals surface area contributed by atoms with Gasteiger partial charge < -0.3 is 15.0 Å². The monoisotopic (exact) mass is 312 g/mol. The molecule has 0 bridgehead atoms. The number of rotatable bonds is 4. The molecule has 6 nitrogen and oxygen atoms in total. The minimum atomic E-state index is -3.34. The topological polar surface area (TPSA) is 75.7 Å². The number of hydrogen-bond donors (Lipinski definition) is 1. The summed E-state index contributed by atoms with van der Waals surface area (Å²) in [6, 6.07) is 7.26. The van der Waals surface area contributed by atoms with Crippen LogP contribution >= 0.6 is 0 Å². The summed E-state index contributed by atoms with van der Waals surface area (Å²) < 4.78 is 28.1. The smallest absolute Gasteiger partial charge is 0.238 e. The summed E-state index contributed by atoms with van der Waals surface area (Å²) >= 11 is 0. The van der Waals surface area contributed by atoms with Gasteiger partial charge in [0.2, 0.25) is 5.91 Å². The van der Waals surface area contributed by atoms with Gasteiger partial charge in [-0.15, -0.1) is 0 Å². The van der Waals surface area contributed by atoms with Gasteiger partial charge in [-0.25, -0.2) is 8.42 Å². The van der Waals surface area contributed by atoms with Crippen LogP contribution in [0.5, 0.6) is 5.75 Å². The molecular formula is C14H20N2O4S. The summed E-state index contributed by atoms with van der Waals surface area (Å²) in [7, 11) is -1.76. The molecule has 7 heteroatoms. The highest BCUT2D eigenvalue weighted by molar-refractivity contribution is 7.91. The predicted molar refractivity (Wildman–Crippen MR) is 80.0 cm³/mol. The number of methoxy groups -OCH3 is 1. The Bertz CT molecular complexity index is 615. The molecule has 1 saturated heterocycles. The minimum absolute atomic E-state index is 0.218. The lowest BCUT2D eigenvalue weighted by Crippen LogP contribution is -2.50. The molecule has 1 heterocycles. The van der Waals surface area contributed by atoms with E-state index in [1.165, 1.54) is 0 Å². The highest BCUT2D eigenvalue weighted by atomic mass is 32.2. The van der Waals surface area contributed by atoms with E-state index in [1.807, 2.05) is 24.3 Å². The molecule has 1 N–H and O–H groups in total. The fraction of sp³-hybridized carbons (Fsp3) is 0.500. The molecule has 1 aromatic rings. The van der Waals surface area contributed by atoms with Crippen molar-refractivity contribution in [1.29, 1.82) is 0 Å². The van der Waals surface area contributed by atoms with Crippen molar-refractivity contribution in [3.8, 4) is 5.75 Å². The van der Waals surface area contributed by atoms with E-state index in [1.54, 1.807) is 12.0 Å². The molecule has 2 rings (SSSR count). The Balaban J connectivity index is 2.29. The number of hydrogen-bond acceptors (Lipinski definition) is 5. The number of carbonyl (C=O) groups is 1. The summed E-state index contributed by atoms with van der Waals surface area (Å²) in [6.07, 6.45) is 1.07. The first-order valence-corrected chi connectivity index (χ1v) is 8.79. The first-order chi connectivity index (χ1) is 9.92. The van der Waals surface area contributed by atoms with Crippen molar-refractivity contribution >= 4 is 15.7 Å². The van der Waals surface area contributed by atoms with Gasteiger partial charge in [0.1, 0.15) is 11.5 Å². The third-order valence-electron chi connectivity index (χ3n) is 3.45. The van der Waals surface area contributed by atoms with Crippen LogP contribution in [0.4, 0.5) is 0 Å². The number of piperazine rings is 1. The zero-order chi connectivity index (χ0) is 15.5. The van der Waals surface area contributed by atoms with Gasteiger partial charge in [0.25, 0.3) is 0 Å². The molecule has 0 spiro atoms. The number of nitrogens with zero attached hydrogens (tertiary/aromatic N) is 1. The summed E-state index contributed by atoms with van der Waals surface area (Å²) in [6.45, 7) is 1.72.